The van der Waals surface area contributed by atoms with Crippen LogP contribution in [0.25, 0.3) is 0 Å². The van der Waals surface area contributed by atoms with Gasteiger partial charge in [0.05, 0.1) is 6.04 Å². The van der Waals surface area contributed by atoms with E-state index in [0.29, 0.717) is 5.82 Å². The number of carbonyl (C=O) groups is 3. The lowest BCUT2D eigenvalue weighted by atomic mass is 10.3. The van der Waals surface area contributed by atoms with Crippen LogP contribution in [-0.4, -0.2) is 56.2 Å². The SMILES string of the molecule is CC(NC(=O)N(CC(N)=O)CC(=O)O)c1ncn[nH]1. The third kappa shape index (κ3) is 4.61. The fraction of sp³-hybridized carbons (Fsp3) is 0.444. The summed E-state index contributed by atoms with van der Waals surface area (Å²) in [6.07, 6.45) is 1.27. The summed E-state index contributed by atoms with van der Waals surface area (Å²) in [5.41, 5.74) is 4.95. The van der Waals surface area contributed by atoms with Crippen molar-refractivity contribution in [3.63, 3.8) is 0 Å². The minimum atomic E-state index is -1.25. The molecule has 1 aromatic rings. The van der Waals surface area contributed by atoms with Crippen LogP contribution < -0.4 is 11.1 Å². The van der Waals surface area contributed by atoms with E-state index in [4.69, 9.17) is 10.8 Å². The number of nitrogens with two attached hydrogens (primary N) is 1. The molecule has 1 heterocycles. The van der Waals surface area contributed by atoms with E-state index in [2.05, 4.69) is 20.5 Å². The van der Waals surface area contributed by atoms with Crippen molar-refractivity contribution in [1.29, 1.82) is 0 Å². The molecule has 10 heteroatoms. The minimum absolute atomic E-state index is 0.405. The fourth-order valence-electron chi connectivity index (χ4n) is 1.32. The Labute approximate surface area is 108 Å². The molecule has 0 aliphatic heterocycles. The summed E-state index contributed by atoms with van der Waals surface area (Å²) in [7, 11) is 0. The number of carboxylic acids is 1. The smallest absolute Gasteiger partial charge is 0.323 e. The van der Waals surface area contributed by atoms with Gasteiger partial charge in [0.1, 0.15) is 25.2 Å². The zero-order chi connectivity index (χ0) is 14.4. The molecule has 1 atom stereocenters. The van der Waals surface area contributed by atoms with Crippen molar-refractivity contribution in [2.75, 3.05) is 13.1 Å². The average molecular weight is 270 g/mol. The van der Waals surface area contributed by atoms with Crippen LogP contribution in [0.2, 0.25) is 0 Å². The van der Waals surface area contributed by atoms with Crippen LogP contribution in [0.1, 0.15) is 18.8 Å². The van der Waals surface area contributed by atoms with Crippen LogP contribution in [0.5, 0.6) is 0 Å². The normalized spacial score (nSPS) is 11.6. The lowest BCUT2D eigenvalue weighted by Crippen LogP contribution is -2.47. The van der Waals surface area contributed by atoms with Crippen molar-refractivity contribution in [2.24, 2.45) is 5.73 Å². The highest BCUT2D eigenvalue weighted by atomic mass is 16.4. The van der Waals surface area contributed by atoms with E-state index >= 15 is 0 Å². The predicted molar refractivity (Wildman–Crippen MR) is 61.7 cm³/mol. The number of carboxylic acid groups (broad SMARTS) is 1. The van der Waals surface area contributed by atoms with Gasteiger partial charge in [0.2, 0.25) is 5.91 Å². The molecule has 0 aliphatic carbocycles. The van der Waals surface area contributed by atoms with E-state index in [-0.39, 0.29) is 0 Å². The van der Waals surface area contributed by atoms with Gasteiger partial charge in [-0.15, -0.1) is 0 Å². The third-order valence-corrected chi connectivity index (χ3v) is 2.14. The van der Waals surface area contributed by atoms with Crippen molar-refractivity contribution in [1.82, 2.24) is 25.4 Å². The van der Waals surface area contributed by atoms with Crippen LogP contribution in [0.3, 0.4) is 0 Å². The van der Waals surface area contributed by atoms with Gasteiger partial charge in [0.15, 0.2) is 0 Å². The molecule has 0 spiro atoms. The van der Waals surface area contributed by atoms with Gasteiger partial charge in [-0.25, -0.2) is 9.78 Å². The number of carbonyl (C=O) groups excluding carboxylic acids is 2. The first-order valence-corrected chi connectivity index (χ1v) is 5.31. The van der Waals surface area contributed by atoms with Crippen molar-refractivity contribution < 1.29 is 19.5 Å². The quantitative estimate of drug-likeness (QED) is 0.490. The van der Waals surface area contributed by atoms with E-state index in [9.17, 15) is 14.4 Å². The topological polar surface area (TPSA) is 154 Å². The van der Waals surface area contributed by atoms with Crippen LogP contribution in [0, 0.1) is 0 Å². The average Bonchev–Trinajstić information content (AvgIpc) is 2.79. The molecular formula is C9H14N6O4. The number of urea groups is 1. The number of amides is 3. The summed E-state index contributed by atoms with van der Waals surface area (Å²) >= 11 is 0. The van der Waals surface area contributed by atoms with Crippen LogP contribution >= 0.6 is 0 Å². The number of aromatic amines is 1. The number of hydrogen-bond acceptors (Lipinski definition) is 5. The Balaban J connectivity index is 2.65. The largest absolute Gasteiger partial charge is 0.480 e. The molecular weight excluding hydrogens is 256 g/mol. The minimum Gasteiger partial charge on any atom is -0.480 e. The van der Waals surface area contributed by atoms with E-state index in [0.717, 1.165) is 4.90 Å². The zero-order valence-corrected chi connectivity index (χ0v) is 10.2. The molecule has 10 nitrogen and oxygen atoms in total. The molecule has 0 saturated heterocycles. The Morgan fingerprint density at radius 1 is 1.53 bits per heavy atom. The third-order valence-electron chi connectivity index (χ3n) is 2.14. The maximum absolute atomic E-state index is 11.8. The zero-order valence-electron chi connectivity index (χ0n) is 10.2. The van der Waals surface area contributed by atoms with E-state index < -0.39 is 37.0 Å². The summed E-state index contributed by atoms with van der Waals surface area (Å²) in [5.74, 6) is -1.64. The van der Waals surface area contributed by atoms with Gasteiger partial charge in [0, 0.05) is 0 Å². The fourth-order valence-corrected chi connectivity index (χ4v) is 1.32. The van der Waals surface area contributed by atoms with Gasteiger partial charge in [-0.1, -0.05) is 0 Å². The second-order valence-corrected chi connectivity index (χ2v) is 3.76. The Kier molecular flexibility index (Phi) is 4.80. The van der Waals surface area contributed by atoms with E-state index in [1.165, 1.54) is 6.33 Å². The highest BCUT2D eigenvalue weighted by Gasteiger charge is 2.21. The maximum atomic E-state index is 11.8. The van der Waals surface area contributed by atoms with E-state index in [1.807, 2.05) is 0 Å². The molecule has 0 bridgehead atoms. The first-order chi connectivity index (χ1) is 8.90. The van der Waals surface area contributed by atoms with Gasteiger partial charge in [-0.2, -0.15) is 5.10 Å². The van der Waals surface area contributed by atoms with Gasteiger partial charge in [-0.3, -0.25) is 14.7 Å². The number of aliphatic carboxylic acids is 1. The lowest BCUT2D eigenvalue weighted by Gasteiger charge is -2.21. The Bertz CT molecular complexity index is 443. The monoisotopic (exact) mass is 270 g/mol. The number of aromatic nitrogens is 3. The molecule has 5 N–H and O–H groups in total. The molecule has 1 aromatic heterocycles. The molecule has 3 amide bonds. The Hall–Kier alpha value is -2.65. The standard InChI is InChI=1S/C9H14N6O4/c1-5(8-11-4-12-14-8)13-9(19)15(2-6(10)16)3-7(17)18/h4-5H,2-3H2,1H3,(H2,10,16)(H,13,19)(H,17,18)(H,11,12,14). The van der Waals surface area contributed by atoms with Crippen LogP contribution in [0.15, 0.2) is 6.33 Å². The number of rotatable bonds is 6. The highest BCUT2D eigenvalue weighted by molar-refractivity contribution is 5.86. The summed E-state index contributed by atoms with van der Waals surface area (Å²) in [4.78, 5) is 37.8. The van der Waals surface area contributed by atoms with Gasteiger partial charge >= 0.3 is 12.0 Å². The number of H-pyrrole nitrogens is 1. The predicted octanol–water partition coefficient (Wildman–Crippen LogP) is -1.55. The molecule has 19 heavy (non-hydrogen) atoms. The lowest BCUT2D eigenvalue weighted by molar-refractivity contribution is -0.137. The summed E-state index contributed by atoms with van der Waals surface area (Å²) < 4.78 is 0. The Morgan fingerprint density at radius 2 is 2.21 bits per heavy atom. The van der Waals surface area contributed by atoms with E-state index in [1.54, 1.807) is 6.92 Å². The Morgan fingerprint density at radius 3 is 2.68 bits per heavy atom. The second kappa shape index (κ2) is 6.33. The maximum Gasteiger partial charge on any atom is 0.323 e. The first-order valence-electron chi connectivity index (χ1n) is 5.31. The van der Waals surface area contributed by atoms with Crippen molar-refractivity contribution >= 4 is 17.9 Å². The molecule has 104 valence electrons. The van der Waals surface area contributed by atoms with Gasteiger partial charge < -0.3 is 21.1 Å². The first kappa shape index (κ1) is 14.4. The molecule has 0 radical (unpaired) electrons. The molecule has 0 saturated carbocycles. The molecule has 1 rings (SSSR count). The van der Waals surface area contributed by atoms with Gasteiger partial charge in [-0.05, 0) is 6.92 Å². The number of hydrogen-bond donors (Lipinski definition) is 4. The second-order valence-electron chi connectivity index (χ2n) is 3.76. The molecule has 1 unspecified atom stereocenters. The molecule has 0 aromatic carbocycles. The van der Waals surface area contributed by atoms with Gasteiger partial charge in [0.25, 0.3) is 0 Å². The summed E-state index contributed by atoms with van der Waals surface area (Å²) in [5, 5.41) is 17.3. The van der Waals surface area contributed by atoms with Crippen molar-refractivity contribution in [2.45, 2.75) is 13.0 Å². The van der Waals surface area contributed by atoms with Crippen LogP contribution in [-0.2, 0) is 9.59 Å². The summed E-state index contributed by atoms with van der Waals surface area (Å²) in [6, 6.07) is -1.25. The van der Waals surface area contributed by atoms with Crippen LogP contribution in [0.4, 0.5) is 4.79 Å². The molecule has 0 fully saturated rings. The number of primary amides is 1. The van der Waals surface area contributed by atoms with Crippen molar-refractivity contribution in [3.05, 3.63) is 12.2 Å². The molecule has 0 aliphatic rings. The number of nitrogens with zero attached hydrogens (tertiary/aromatic N) is 3. The summed E-state index contributed by atoms with van der Waals surface area (Å²) in [6.45, 7) is 0.515. The highest BCUT2D eigenvalue weighted by Crippen LogP contribution is 2.05. The number of nitrogens with one attached hydrogen (secondary N) is 2. The van der Waals surface area contributed by atoms with Crippen molar-refractivity contribution in [3.8, 4) is 0 Å².